The molecule has 0 aliphatic heterocycles. The standard InChI is InChI=1S/C19H26N4OS2/c1-4-11-23(15-9-7-6-8-10-15)13-16(24)22-17-18(25)20-14(3)21-19(17)26-12-5-2/h6-10H,4-5,11-13H2,1-3H3,(H,22,24)(H,20,21,25). The lowest BCUT2D eigenvalue weighted by Gasteiger charge is -2.24. The van der Waals surface area contributed by atoms with E-state index in [1.54, 1.807) is 11.8 Å². The number of thioether (sulfide) groups is 1. The van der Waals surface area contributed by atoms with Crippen molar-refractivity contribution in [1.29, 1.82) is 0 Å². The van der Waals surface area contributed by atoms with Gasteiger partial charge in [0.05, 0.1) is 6.54 Å². The van der Waals surface area contributed by atoms with E-state index in [1.165, 1.54) is 0 Å². The van der Waals surface area contributed by atoms with Gasteiger partial charge in [-0.2, -0.15) is 0 Å². The molecule has 2 rings (SSSR count). The minimum Gasteiger partial charge on any atom is -0.362 e. The maximum absolute atomic E-state index is 12.7. The summed E-state index contributed by atoms with van der Waals surface area (Å²) in [5.74, 6) is 1.49. The molecule has 0 saturated carbocycles. The molecule has 0 unspecified atom stereocenters. The molecule has 0 radical (unpaired) electrons. The van der Waals surface area contributed by atoms with Crippen LogP contribution in [0.5, 0.6) is 0 Å². The molecule has 0 atom stereocenters. The average molecular weight is 391 g/mol. The molecule has 1 amide bonds. The molecule has 0 spiro atoms. The van der Waals surface area contributed by atoms with E-state index in [1.807, 2.05) is 37.3 Å². The van der Waals surface area contributed by atoms with Crippen molar-refractivity contribution in [3.8, 4) is 0 Å². The van der Waals surface area contributed by atoms with Crippen molar-refractivity contribution >= 4 is 41.7 Å². The van der Waals surface area contributed by atoms with Crippen LogP contribution in [0.3, 0.4) is 0 Å². The molecule has 5 nitrogen and oxygen atoms in total. The number of para-hydroxylation sites is 1. The Balaban J connectivity index is 2.15. The number of aryl methyl sites for hydroxylation is 1. The zero-order valence-corrected chi connectivity index (χ0v) is 17.2. The fourth-order valence-corrected chi connectivity index (χ4v) is 3.77. The lowest BCUT2D eigenvalue weighted by molar-refractivity contribution is -0.115. The van der Waals surface area contributed by atoms with Crippen molar-refractivity contribution < 1.29 is 4.79 Å². The predicted molar refractivity (Wildman–Crippen MR) is 113 cm³/mol. The monoisotopic (exact) mass is 390 g/mol. The number of hydrogen-bond donors (Lipinski definition) is 2. The summed E-state index contributed by atoms with van der Waals surface area (Å²) in [7, 11) is 0. The Bertz CT molecular complexity index is 725. The Kier molecular flexibility index (Phi) is 8.25. The maximum atomic E-state index is 12.7. The van der Waals surface area contributed by atoms with Crippen LogP contribution in [0.25, 0.3) is 0 Å². The van der Waals surface area contributed by atoms with Gasteiger partial charge in [0.1, 0.15) is 21.6 Å². The van der Waals surface area contributed by atoms with Crippen molar-refractivity contribution in [3.05, 3.63) is 36.2 Å². The summed E-state index contributed by atoms with van der Waals surface area (Å²) in [5.41, 5.74) is 1.64. The smallest absolute Gasteiger partial charge is 0.244 e. The minimum absolute atomic E-state index is 0.0941. The van der Waals surface area contributed by atoms with Crippen LogP contribution in [0.1, 0.15) is 32.5 Å². The molecule has 140 valence electrons. The number of carbonyl (C=O) groups is 1. The van der Waals surface area contributed by atoms with Crippen LogP contribution < -0.4 is 10.2 Å². The number of amides is 1. The van der Waals surface area contributed by atoms with Crippen molar-refractivity contribution in [2.45, 2.75) is 43.7 Å². The first-order valence-corrected chi connectivity index (χ1v) is 10.3. The number of thiol groups is 1. The first kappa shape index (κ1) is 20.6. The van der Waals surface area contributed by atoms with E-state index in [9.17, 15) is 4.79 Å². The van der Waals surface area contributed by atoms with E-state index in [4.69, 9.17) is 0 Å². The van der Waals surface area contributed by atoms with Crippen molar-refractivity contribution in [3.63, 3.8) is 0 Å². The normalized spacial score (nSPS) is 10.6. The predicted octanol–water partition coefficient (Wildman–Crippen LogP) is 4.43. The molecule has 0 aliphatic rings. The van der Waals surface area contributed by atoms with Crippen LogP contribution in [-0.4, -0.2) is 34.7 Å². The highest BCUT2D eigenvalue weighted by Crippen LogP contribution is 2.30. The first-order valence-electron chi connectivity index (χ1n) is 8.85. The first-order chi connectivity index (χ1) is 12.5. The fourth-order valence-electron chi connectivity index (χ4n) is 2.51. The Morgan fingerprint density at radius 3 is 2.58 bits per heavy atom. The fraction of sp³-hybridized carbons (Fsp3) is 0.421. The zero-order chi connectivity index (χ0) is 18.9. The zero-order valence-electron chi connectivity index (χ0n) is 15.5. The molecule has 1 heterocycles. The molecule has 0 fully saturated rings. The second-order valence-corrected chi connectivity index (χ2v) is 7.44. The van der Waals surface area contributed by atoms with E-state index >= 15 is 0 Å². The summed E-state index contributed by atoms with van der Waals surface area (Å²) in [6.07, 6.45) is 1.99. The largest absolute Gasteiger partial charge is 0.362 e. The second kappa shape index (κ2) is 10.4. The van der Waals surface area contributed by atoms with Gasteiger partial charge in [-0.3, -0.25) is 4.79 Å². The summed E-state index contributed by atoms with van der Waals surface area (Å²) < 4.78 is 0. The summed E-state index contributed by atoms with van der Waals surface area (Å²) in [6.45, 7) is 7.14. The summed E-state index contributed by atoms with van der Waals surface area (Å²) in [6, 6.07) is 9.97. The second-order valence-electron chi connectivity index (χ2n) is 5.93. The molecule has 0 bridgehead atoms. The molecule has 2 aromatic rings. The topological polar surface area (TPSA) is 58.1 Å². The number of benzene rings is 1. The van der Waals surface area contributed by atoms with E-state index in [2.05, 4.69) is 46.7 Å². The molecular weight excluding hydrogens is 364 g/mol. The molecular formula is C19H26N4OS2. The van der Waals surface area contributed by atoms with E-state index in [0.717, 1.165) is 35.9 Å². The van der Waals surface area contributed by atoms with E-state index < -0.39 is 0 Å². The molecule has 0 aliphatic carbocycles. The Labute approximate surface area is 165 Å². The van der Waals surface area contributed by atoms with Gasteiger partial charge in [0.2, 0.25) is 5.91 Å². The van der Waals surface area contributed by atoms with Crippen LogP contribution in [-0.2, 0) is 4.79 Å². The third-order valence-corrected chi connectivity index (χ3v) is 5.13. The highest BCUT2D eigenvalue weighted by atomic mass is 32.2. The van der Waals surface area contributed by atoms with Crippen LogP contribution in [0.4, 0.5) is 11.4 Å². The number of nitrogens with one attached hydrogen (secondary N) is 1. The number of aromatic nitrogens is 2. The summed E-state index contributed by atoms with van der Waals surface area (Å²) in [5, 5.41) is 4.25. The van der Waals surface area contributed by atoms with E-state index in [-0.39, 0.29) is 12.5 Å². The highest BCUT2D eigenvalue weighted by Gasteiger charge is 2.17. The van der Waals surface area contributed by atoms with Gasteiger partial charge >= 0.3 is 0 Å². The molecule has 7 heteroatoms. The van der Waals surface area contributed by atoms with Gasteiger partial charge in [0.25, 0.3) is 0 Å². The molecule has 26 heavy (non-hydrogen) atoms. The van der Waals surface area contributed by atoms with Crippen LogP contribution >= 0.6 is 24.4 Å². The van der Waals surface area contributed by atoms with Gasteiger partial charge < -0.3 is 10.2 Å². The number of hydrogen-bond acceptors (Lipinski definition) is 6. The van der Waals surface area contributed by atoms with Gasteiger partial charge in [-0.1, -0.05) is 32.0 Å². The number of anilines is 2. The highest BCUT2D eigenvalue weighted by molar-refractivity contribution is 7.99. The Morgan fingerprint density at radius 2 is 1.92 bits per heavy atom. The third kappa shape index (κ3) is 5.92. The Morgan fingerprint density at radius 1 is 1.19 bits per heavy atom. The Hall–Kier alpha value is -1.73. The third-order valence-electron chi connectivity index (χ3n) is 3.63. The summed E-state index contributed by atoms with van der Waals surface area (Å²) in [4.78, 5) is 23.5. The van der Waals surface area contributed by atoms with Crippen LogP contribution in [0.15, 0.2) is 40.4 Å². The molecule has 1 N–H and O–H groups in total. The summed E-state index contributed by atoms with van der Waals surface area (Å²) >= 11 is 6.06. The van der Waals surface area contributed by atoms with Gasteiger partial charge in [-0.25, -0.2) is 9.97 Å². The molecule has 1 aromatic heterocycles. The van der Waals surface area contributed by atoms with Crippen molar-refractivity contribution in [2.24, 2.45) is 0 Å². The lowest BCUT2D eigenvalue weighted by atomic mass is 10.2. The maximum Gasteiger partial charge on any atom is 0.244 e. The number of nitrogens with zero attached hydrogens (tertiary/aromatic N) is 3. The SMILES string of the molecule is CCCSc1nc(C)nc(S)c1NC(=O)CN(CCC)c1ccccc1. The van der Waals surface area contributed by atoms with Crippen molar-refractivity contribution in [1.82, 2.24) is 9.97 Å². The molecule has 0 saturated heterocycles. The lowest BCUT2D eigenvalue weighted by Crippen LogP contribution is -2.34. The number of carbonyl (C=O) groups excluding carboxylic acids is 1. The van der Waals surface area contributed by atoms with Crippen LogP contribution in [0.2, 0.25) is 0 Å². The number of rotatable bonds is 9. The molecule has 1 aromatic carbocycles. The van der Waals surface area contributed by atoms with Gasteiger partial charge in [-0.15, -0.1) is 24.4 Å². The van der Waals surface area contributed by atoms with Gasteiger partial charge in [0, 0.05) is 12.2 Å². The quantitative estimate of drug-likeness (QED) is 0.377. The average Bonchev–Trinajstić information content (AvgIpc) is 2.63. The van der Waals surface area contributed by atoms with E-state index in [0.29, 0.717) is 16.5 Å². The van der Waals surface area contributed by atoms with Crippen molar-refractivity contribution in [2.75, 3.05) is 29.1 Å². The minimum atomic E-state index is -0.0941. The van der Waals surface area contributed by atoms with Crippen LogP contribution in [0, 0.1) is 6.92 Å². The van der Waals surface area contributed by atoms with Gasteiger partial charge in [-0.05, 0) is 37.7 Å². The van der Waals surface area contributed by atoms with Gasteiger partial charge in [0.15, 0.2) is 0 Å².